The first-order valence-corrected chi connectivity index (χ1v) is 8.24. The molecule has 0 fully saturated rings. The van der Waals surface area contributed by atoms with Gasteiger partial charge in [0.25, 0.3) is 0 Å². The Kier molecular flexibility index (Phi) is 6.87. The Balaban J connectivity index is 2.08. The largest absolute Gasteiger partial charge is 0.493 e. The molecule has 0 aromatic heterocycles. The summed E-state index contributed by atoms with van der Waals surface area (Å²) in [5, 5.41) is 2.16. The first-order chi connectivity index (χ1) is 12.8. The van der Waals surface area contributed by atoms with E-state index in [0.717, 1.165) is 6.08 Å². The normalized spacial score (nSPS) is 11.1. The number of halogens is 3. The van der Waals surface area contributed by atoms with E-state index in [-0.39, 0.29) is 0 Å². The molecule has 0 spiro atoms. The summed E-state index contributed by atoms with van der Waals surface area (Å²) < 4.78 is 50.5. The van der Waals surface area contributed by atoms with Crippen molar-refractivity contribution in [3.8, 4) is 11.5 Å². The highest BCUT2D eigenvalue weighted by atomic mass is 19.2. The molecule has 2 aromatic rings. The zero-order chi connectivity index (χ0) is 20.0. The molecule has 0 bridgehead atoms. The number of rotatable bonds is 7. The summed E-state index contributed by atoms with van der Waals surface area (Å²) >= 11 is 0. The smallest absolute Gasteiger partial charge is 0.248 e. The lowest BCUT2D eigenvalue weighted by molar-refractivity contribution is -0.111. The number of nitrogens with one attached hydrogen (secondary N) is 1. The molecule has 2 aromatic carbocycles. The summed E-state index contributed by atoms with van der Waals surface area (Å²) in [5.74, 6) is -2.90. The van der Waals surface area contributed by atoms with Crippen molar-refractivity contribution < 1.29 is 27.4 Å². The summed E-state index contributed by atoms with van der Waals surface area (Å²) in [7, 11) is 1.50. The van der Waals surface area contributed by atoms with E-state index in [0.29, 0.717) is 41.7 Å². The summed E-state index contributed by atoms with van der Waals surface area (Å²) in [6, 6.07) is 6.07. The van der Waals surface area contributed by atoms with Crippen molar-refractivity contribution in [2.75, 3.05) is 19.0 Å². The minimum Gasteiger partial charge on any atom is -0.493 e. The van der Waals surface area contributed by atoms with Crippen LogP contribution < -0.4 is 14.8 Å². The molecule has 0 heterocycles. The average Bonchev–Trinajstić information content (AvgIpc) is 2.62. The molecule has 0 saturated carbocycles. The minimum absolute atomic E-state index is 0.356. The Morgan fingerprint density at radius 1 is 1.07 bits per heavy atom. The van der Waals surface area contributed by atoms with E-state index in [1.54, 1.807) is 18.2 Å². The van der Waals surface area contributed by atoms with Crippen LogP contribution in [0, 0.1) is 23.4 Å². The third kappa shape index (κ3) is 5.77. The maximum Gasteiger partial charge on any atom is 0.248 e. The van der Waals surface area contributed by atoms with Crippen molar-refractivity contribution in [1.82, 2.24) is 0 Å². The Morgan fingerprint density at radius 3 is 2.44 bits per heavy atom. The lowest BCUT2D eigenvalue weighted by atomic mass is 10.2. The van der Waals surface area contributed by atoms with Crippen LogP contribution in [-0.4, -0.2) is 19.6 Å². The van der Waals surface area contributed by atoms with Crippen molar-refractivity contribution in [3.05, 3.63) is 59.4 Å². The molecule has 1 N–H and O–H groups in total. The van der Waals surface area contributed by atoms with Gasteiger partial charge in [0.05, 0.1) is 19.4 Å². The van der Waals surface area contributed by atoms with Gasteiger partial charge in [0.1, 0.15) is 5.82 Å². The van der Waals surface area contributed by atoms with Crippen LogP contribution in [0.4, 0.5) is 18.9 Å². The quantitative estimate of drug-likeness (QED) is 0.555. The van der Waals surface area contributed by atoms with Crippen LogP contribution in [0.15, 0.2) is 36.4 Å². The van der Waals surface area contributed by atoms with Crippen molar-refractivity contribution in [2.24, 2.45) is 5.92 Å². The fourth-order valence-electron chi connectivity index (χ4n) is 2.13. The molecule has 4 nitrogen and oxygen atoms in total. The molecule has 7 heteroatoms. The van der Waals surface area contributed by atoms with Gasteiger partial charge in [-0.3, -0.25) is 4.79 Å². The summed E-state index contributed by atoms with van der Waals surface area (Å²) in [6.45, 7) is 4.59. The highest BCUT2D eigenvalue weighted by molar-refractivity contribution is 6.02. The third-order valence-corrected chi connectivity index (χ3v) is 3.45. The second kappa shape index (κ2) is 9.12. The number of hydrogen-bond donors (Lipinski definition) is 1. The second-order valence-electron chi connectivity index (χ2n) is 6.18. The molecule has 144 valence electrons. The molecule has 0 radical (unpaired) electrons. The van der Waals surface area contributed by atoms with Gasteiger partial charge in [-0.15, -0.1) is 0 Å². The van der Waals surface area contributed by atoms with Crippen LogP contribution in [0.5, 0.6) is 11.5 Å². The average molecular weight is 379 g/mol. The first kappa shape index (κ1) is 20.4. The van der Waals surface area contributed by atoms with Crippen molar-refractivity contribution in [1.29, 1.82) is 0 Å². The minimum atomic E-state index is -1.33. The second-order valence-corrected chi connectivity index (χ2v) is 6.18. The van der Waals surface area contributed by atoms with Gasteiger partial charge in [0.2, 0.25) is 5.91 Å². The number of anilines is 1. The van der Waals surface area contributed by atoms with E-state index >= 15 is 0 Å². The van der Waals surface area contributed by atoms with Crippen LogP contribution in [0.1, 0.15) is 19.4 Å². The molecule has 0 aliphatic carbocycles. The molecule has 0 unspecified atom stereocenters. The number of methoxy groups -OCH3 is 1. The molecule has 0 atom stereocenters. The number of ether oxygens (including phenoxy) is 2. The fraction of sp³-hybridized carbons (Fsp3) is 0.250. The van der Waals surface area contributed by atoms with Crippen LogP contribution in [0.3, 0.4) is 0 Å². The molecule has 1 amide bonds. The summed E-state index contributed by atoms with van der Waals surface area (Å²) in [5.41, 5.74) is 0.197. The Morgan fingerprint density at radius 2 is 1.78 bits per heavy atom. The number of carbonyl (C=O) groups excluding carboxylic acids is 1. The van der Waals surface area contributed by atoms with Gasteiger partial charge in [0, 0.05) is 18.2 Å². The maximum atomic E-state index is 13.6. The molecule has 27 heavy (non-hydrogen) atoms. The van der Waals surface area contributed by atoms with Crippen LogP contribution in [0.2, 0.25) is 0 Å². The molecule has 0 aliphatic rings. The zero-order valence-electron chi connectivity index (χ0n) is 15.2. The van der Waals surface area contributed by atoms with Gasteiger partial charge >= 0.3 is 0 Å². The first-order valence-electron chi connectivity index (χ1n) is 8.24. The van der Waals surface area contributed by atoms with Crippen molar-refractivity contribution in [2.45, 2.75) is 13.8 Å². The highest BCUT2D eigenvalue weighted by Crippen LogP contribution is 2.29. The van der Waals surface area contributed by atoms with Gasteiger partial charge < -0.3 is 14.8 Å². The van der Waals surface area contributed by atoms with E-state index < -0.39 is 29.0 Å². The van der Waals surface area contributed by atoms with Crippen LogP contribution in [-0.2, 0) is 4.79 Å². The predicted molar refractivity (Wildman–Crippen MR) is 97.3 cm³/mol. The molecule has 2 rings (SSSR count). The van der Waals surface area contributed by atoms with E-state index in [4.69, 9.17) is 9.47 Å². The Bertz CT molecular complexity index is 851. The van der Waals surface area contributed by atoms with Crippen LogP contribution >= 0.6 is 0 Å². The Hall–Kier alpha value is -2.96. The van der Waals surface area contributed by atoms with E-state index in [9.17, 15) is 18.0 Å². The standard InChI is InChI=1S/C20H20F3NO3/c1-12(2)11-27-18-6-4-13(8-19(18)26-3)5-7-20(25)24-17-10-15(22)14(21)9-16(17)23/h4-10,12H,11H2,1-3H3,(H,24,25). The van der Waals surface area contributed by atoms with Crippen LogP contribution in [0.25, 0.3) is 6.08 Å². The number of carbonyl (C=O) groups is 1. The summed E-state index contributed by atoms with van der Waals surface area (Å²) in [6.07, 6.45) is 2.62. The number of hydrogen-bond acceptors (Lipinski definition) is 3. The fourth-order valence-corrected chi connectivity index (χ4v) is 2.13. The van der Waals surface area contributed by atoms with Gasteiger partial charge in [-0.2, -0.15) is 0 Å². The monoisotopic (exact) mass is 379 g/mol. The summed E-state index contributed by atoms with van der Waals surface area (Å²) in [4.78, 5) is 11.9. The van der Waals surface area contributed by atoms with E-state index in [2.05, 4.69) is 5.32 Å². The number of benzene rings is 2. The van der Waals surface area contributed by atoms with Crippen molar-refractivity contribution in [3.63, 3.8) is 0 Å². The van der Waals surface area contributed by atoms with Gasteiger partial charge in [-0.05, 0) is 29.7 Å². The Labute approximate surface area is 155 Å². The van der Waals surface area contributed by atoms with E-state index in [1.165, 1.54) is 13.2 Å². The molecular formula is C20H20F3NO3. The number of amides is 1. The topological polar surface area (TPSA) is 47.6 Å². The van der Waals surface area contributed by atoms with Gasteiger partial charge in [-0.25, -0.2) is 13.2 Å². The van der Waals surface area contributed by atoms with Gasteiger partial charge in [0.15, 0.2) is 23.1 Å². The zero-order valence-corrected chi connectivity index (χ0v) is 15.2. The third-order valence-electron chi connectivity index (χ3n) is 3.45. The van der Waals surface area contributed by atoms with E-state index in [1.807, 2.05) is 13.8 Å². The lowest BCUT2D eigenvalue weighted by Gasteiger charge is -2.12. The molecule has 0 saturated heterocycles. The highest BCUT2D eigenvalue weighted by Gasteiger charge is 2.11. The molecular weight excluding hydrogens is 359 g/mol. The predicted octanol–water partition coefficient (Wildman–Crippen LogP) is 4.80. The molecule has 0 aliphatic heterocycles. The maximum absolute atomic E-state index is 13.6. The van der Waals surface area contributed by atoms with Gasteiger partial charge in [-0.1, -0.05) is 19.9 Å². The SMILES string of the molecule is COc1cc(C=CC(=O)Nc2cc(F)c(F)cc2F)ccc1OCC(C)C. The lowest BCUT2D eigenvalue weighted by Crippen LogP contribution is -2.10. The van der Waals surface area contributed by atoms with Crippen molar-refractivity contribution >= 4 is 17.7 Å².